The normalized spacial score (nSPS) is 12.9. The summed E-state index contributed by atoms with van der Waals surface area (Å²) in [4.78, 5) is 35.8. The molecule has 0 heterocycles. The van der Waals surface area contributed by atoms with Crippen LogP contribution in [-0.4, -0.2) is 35.7 Å². The Morgan fingerprint density at radius 2 is 1.51 bits per heavy atom. The summed E-state index contributed by atoms with van der Waals surface area (Å²) >= 11 is 12.6. The number of fused-ring (bicyclic) bond motifs is 3. The first-order valence-electron chi connectivity index (χ1n) is 10.9. The van der Waals surface area contributed by atoms with Gasteiger partial charge in [0.1, 0.15) is 6.61 Å². The quantitative estimate of drug-likeness (QED) is 0.362. The maximum absolute atomic E-state index is 12.6. The van der Waals surface area contributed by atoms with E-state index in [9.17, 15) is 14.4 Å². The number of hydrogen-bond acceptors (Lipinski definition) is 4. The number of carbonyl (C=O) groups excluding carboxylic acids is 2. The zero-order valence-electron chi connectivity index (χ0n) is 18.7. The van der Waals surface area contributed by atoms with Gasteiger partial charge in [-0.3, -0.25) is 14.9 Å². The predicted molar refractivity (Wildman–Crippen MR) is 134 cm³/mol. The first-order valence-corrected chi connectivity index (χ1v) is 11.6. The Labute approximate surface area is 212 Å². The van der Waals surface area contributed by atoms with E-state index < -0.39 is 24.0 Å². The SMILES string of the molecule is C[C@@H](CC(=O)O)NC(=O)c1cc(Cl)c(NC(=O)OCC2c3ccccc3-c3ccccc32)c(Cl)c1. The summed E-state index contributed by atoms with van der Waals surface area (Å²) in [6.45, 7) is 1.69. The van der Waals surface area contributed by atoms with Crippen LogP contribution in [0.2, 0.25) is 10.0 Å². The molecule has 1 aliphatic carbocycles. The van der Waals surface area contributed by atoms with Crippen LogP contribution in [0, 0.1) is 0 Å². The highest BCUT2D eigenvalue weighted by molar-refractivity contribution is 6.40. The fourth-order valence-electron chi connectivity index (χ4n) is 4.18. The van der Waals surface area contributed by atoms with Gasteiger partial charge in [-0.15, -0.1) is 0 Å². The van der Waals surface area contributed by atoms with Gasteiger partial charge in [0.25, 0.3) is 5.91 Å². The molecule has 2 amide bonds. The van der Waals surface area contributed by atoms with E-state index in [2.05, 4.69) is 10.6 Å². The fraction of sp³-hybridized carbons (Fsp3) is 0.192. The minimum absolute atomic E-state index is 0.0436. The third-order valence-electron chi connectivity index (χ3n) is 5.73. The number of aliphatic carboxylic acids is 1. The van der Waals surface area contributed by atoms with E-state index in [1.165, 1.54) is 12.1 Å². The maximum atomic E-state index is 12.6. The van der Waals surface area contributed by atoms with E-state index in [4.69, 9.17) is 33.0 Å². The zero-order chi connectivity index (χ0) is 25.1. The fourth-order valence-corrected chi connectivity index (χ4v) is 4.76. The van der Waals surface area contributed by atoms with E-state index >= 15 is 0 Å². The third kappa shape index (κ3) is 5.42. The highest BCUT2D eigenvalue weighted by atomic mass is 35.5. The van der Waals surface area contributed by atoms with Crippen molar-refractivity contribution in [3.8, 4) is 11.1 Å². The molecule has 0 unspecified atom stereocenters. The minimum Gasteiger partial charge on any atom is -0.481 e. The van der Waals surface area contributed by atoms with Crippen molar-refractivity contribution in [1.82, 2.24) is 5.32 Å². The summed E-state index contributed by atoms with van der Waals surface area (Å²) in [5.41, 5.74) is 4.66. The Morgan fingerprint density at radius 1 is 0.971 bits per heavy atom. The first-order chi connectivity index (χ1) is 16.7. The van der Waals surface area contributed by atoms with Crippen molar-refractivity contribution >= 4 is 46.9 Å². The third-order valence-corrected chi connectivity index (χ3v) is 6.33. The number of benzene rings is 3. The zero-order valence-corrected chi connectivity index (χ0v) is 20.2. The summed E-state index contributed by atoms with van der Waals surface area (Å²) in [5, 5.41) is 14.0. The highest BCUT2D eigenvalue weighted by Crippen LogP contribution is 2.44. The van der Waals surface area contributed by atoms with Gasteiger partial charge in [0.2, 0.25) is 0 Å². The standard InChI is InChI=1S/C26H22Cl2N2O5/c1-14(10-23(31)32)29-25(33)15-11-21(27)24(22(28)12-15)30-26(34)35-13-20-18-8-4-2-6-16(18)17-7-3-5-9-19(17)20/h2-9,11-12,14,20H,10,13H2,1H3,(H,29,33)(H,30,34)(H,31,32)/t14-/m0/s1. The number of hydrogen-bond donors (Lipinski definition) is 3. The lowest BCUT2D eigenvalue weighted by atomic mass is 9.98. The number of ether oxygens (including phenoxy) is 1. The second kappa shape index (κ2) is 10.4. The molecule has 3 aromatic carbocycles. The minimum atomic E-state index is -1.03. The highest BCUT2D eigenvalue weighted by Gasteiger charge is 2.29. The topological polar surface area (TPSA) is 105 Å². The van der Waals surface area contributed by atoms with Crippen molar-refractivity contribution in [3.63, 3.8) is 0 Å². The van der Waals surface area contributed by atoms with Crippen molar-refractivity contribution in [2.45, 2.75) is 25.3 Å². The summed E-state index contributed by atoms with van der Waals surface area (Å²) < 4.78 is 5.52. The number of amides is 2. The monoisotopic (exact) mass is 512 g/mol. The Balaban J connectivity index is 1.43. The number of rotatable bonds is 7. The molecule has 0 fully saturated rings. The van der Waals surface area contributed by atoms with Crippen LogP contribution < -0.4 is 10.6 Å². The molecule has 0 aliphatic heterocycles. The largest absolute Gasteiger partial charge is 0.481 e. The number of carboxylic acids is 1. The number of nitrogens with one attached hydrogen (secondary N) is 2. The van der Waals surface area contributed by atoms with Gasteiger partial charge in [-0.2, -0.15) is 0 Å². The lowest BCUT2D eigenvalue weighted by Gasteiger charge is -2.16. The van der Waals surface area contributed by atoms with Gasteiger partial charge in [-0.05, 0) is 41.3 Å². The van der Waals surface area contributed by atoms with Crippen LogP contribution in [0.15, 0.2) is 60.7 Å². The molecule has 0 spiro atoms. The first kappa shape index (κ1) is 24.6. The van der Waals surface area contributed by atoms with Gasteiger partial charge in [0.15, 0.2) is 0 Å². The van der Waals surface area contributed by atoms with Crippen LogP contribution in [0.3, 0.4) is 0 Å². The number of carboxylic acid groups (broad SMARTS) is 1. The van der Waals surface area contributed by atoms with Crippen molar-refractivity contribution in [1.29, 1.82) is 0 Å². The van der Waals surface area contributed by atoms with Crippen LogP contribution >= 0.6 is 23.2 Å². The lowest BCUT2D eigenvalue weighted by Crippen LogP contribution is -2.34. The van der Waals surface area contributed by atoms with E-state index in [1.54, 1.807) is 6.92 Å². The Kier molecular flexibility index (Phi) is 7.28. The summed E-state index contributed by atoms with van der Waals surface area (Å²) in [6, 6.07) is 18.1. The molecule has 35 heavy (non-hydrogen) atoms. The molecule has 0 aromatic heterocycles. The van der Waals surface area contributed by atoms with Gasteiger partial charge in [-0.25, -0.2) is 4.79 Å². The van der Waals surface area contributed by atoms with Crippen LogP contribution in [0.1, 0.15) is 40.7 Å². The molecule has 1 aliphatic rings. The Morgan fingerprint density at radius 3 is 2.06 bits per heavy atom. The molecular weight excluding hydrogens is 491 g/mol. The molecule has 7 nitrogen and oxygen atoms in total. The van der Waals surface area contributed by atoms with E-state index in [-0.39, 0.29) is 40.2 Å². The number of carbonyl (C=O) groups is 3. The maximum Gasteiger partial charge on any atom is 0.411 e. The molecule has 4 rings (SSSR count). The van der Waals surface area contributed by atoms with Gasteiger partial charge in [0, 0.05) is 17.5 Å². The molecule has 9 heteroatoms. The van der Waals surface area contributed by atoms with E-state index in [1.807, 2.05) is 48.5 Å². The second-order valence-corrected chi connectivity index (χ2v) is 9.05. The molecular formula is C26H22Cl2N2O5. The van der Waals surface area contributed by atoms with Gasteiger partial charge in [-0.1, -0.05) is 71.7 Å². The molecule has 180 valence electrons. The molecule has 3 aromatic rings. The average molecular weight is 513 g/mol. The number of halogens is 2. The van der Waals surface area contributed by atoms with Crippen LogP contribution in [0.4, 0.5) is 10.5 Å². The summed E-state index contributed by atoms with van der Waals surface area (Å²) in [6.07, 6.45) is -0.961. The van der Waals surface area contributed by atoms with Crippen LogP contribution in [0.5, 0.6) is 0 Å². The lowest BCUT2D eigenvalue weighted by molar-refractivity contribution is -0.137. The van der Waals surface area contributed by atoms with Gasteiger partial charge >= 0.3 is 12.1 Å². The van der Waals surface area contributed by atoms with Gasteiger partial charge < -0.3 is 15.2 Å². The van der Waals surface area contributed by atoms with E-state index in [0.29, 0.717) is 0 Å². The summed E-state index contributed by atoms with van der Waals surface area (Å²) in [5.74, 6) is -1.66. The molecule has 3 N–H and O–H groups in total. The predicted octanol–water partition coefficient (Wildman–Crippen LogP) is 5.95. The van der Waals surface area contributed by atoms with Crippen molar-refractivity contribution < 1.29 is 24.2 Å². The van der Waals surface area contributed by atoms with Crippen molar-refractivity contribution in [2.75, 3.05) is 11.9 Å². The summed E-state index contributed by atoms with van der Waals surface area (Å²) in [7, 11) is 0. The second-order valence-electron chi connectivity index (χ2n) is 8.24. The van der Waals surface area contributed by atoms with Crippen LogP contribution in [-0.2, 0) is 9.53 Å². The number of anilines is 1. The van der Waals surface area contributed by atoms with E-state index in [0.717, 1.165) is 22.3 Å². The average Bonchev–Trinajstić information content (AvgIpc) is 3.13. The Hall–Kier alpha value is -3.55. The smallest absolute Gasteiger partial charge is 0.411 e. The van der Waals surface area contributed by atoms with Crippen molar-refractivity contribution in [3.05, 3.63) is 87.4 Å². The molecule has 1 atom stereocenters. The van der Waals surface area contributed by atoms with Crippen LogP contribution in [0.25, 0.3) is 11.1 Å². The molecule has 0 radical (unpaired) electrons. The molecule has 0 saturated carbocycles. The van der Waals surface area contributed by atoms with Crippen molar-refractivity contribution in [2.24, 2.45) is 0 Å². The van der Waals surface area contributed by atoms with Gasteiger partial charge in [0.05, 0.1) is 22.2 Å². The Bertz CT molecular complexity index is 1240. The molecule has 0 bridgehead atoms. The molecule has 0 saturated heterocycles.